The van der Waals surface area contributed by atoms with Crippen LogP contribution < -0.4 is 0 Å². The fraction of sp³-hybridized carbons (Fsp3) is 0.426. The monoisotopic (exact) mass is 1810 g/mol. The van der Waals surface area contributed by atoms with Crippen molar-refractivity contribution in [2.75, 3.05) is 0 Å². The number of fused-ring (bicyclic) bond motifs is 3. The molecule has 0 saturated heterocycles. The molecule has 0 heteroatoms. The number of aryl methyl sites for hydroxylation is 10. The van der Waals surface area contributed by atoms with Gasteiger partial charge in [-0.15, -0.1) is 0 Å². The van der Waals surface area contributed by atoms with Crippen molar-refractivity contribution in [1.29, 1.82) is 0 Å². The van der Waals surface area contributed by atoms with Crippen LogP contribution in [0.15, 0.2) is 243 Å². The molecule has 0 atom stereocenters. The lowest BCUT2D eigenvalue weighted by atomic mass is 9.74. The molecule has 0 aromatic heterocycles. The first-order valence-electron chi connectivity index (χ1n) is 50.7. The van der Waals surface area contributed by atoms with Gasteiger partial charge in [0.25, 0.3) is 0 Å². The van der Waals surface area contributed by atoms with Gasteiger partial charge in [0.2, 0.25) is 0 Å². The van der Waals surface area contributed by atoms with Gasteiger partial charge in [-0.25, -0.2) is 0 Å². The third-order valence-electron chi connectivity index (χ3n) is 27.2. The zero-order valence-corrected chi connectivity index (χ0v) is 94.1. The maximum Gasteiger partial charge on any atom is -0.0125 e. The molecule has 0 heterocycles. The van der Waals surface area contributed by atoms with E-state index in [0.717, 1.165) is 0 Å². The Hall–Kier alpha value is -10.1. The summed E-state index contributed by atoms with van der Waals surface area (Å²) < 4.78 is 0. The zero-order valence-electron chi connectivity index (χ0n) is 94.1. The number of rotatable bonds is 5. The van der Waals surface area contributed by atoms with Crippen LogP contribution in [0.5, 0.6) is 0 Å². The predicted molar refractivity (Wildman–Crippen MR) is 610 cm³/mol. The highest BCUT2D eigenvalue weighted by Crippen LogP contribution is 2.48. The molecule has 0 N–H and O–H groups in total. The van der Waals surface area contributed by atoms with Gasteiger partial charge in [-0.1, -0.05) is 495 Å². The van der Waals surface area contributed by atoms with E-state index in [2.05, 4.69) is 561 Å². The van der Waals surface area contributed by atoms with Crippen molar-refractivity contribution in [2.45, 2.75) is 383 Å². The van der Waals surface area contributed by atoms with Crippen molar-refractivity contribution >= 4 is 32.3 Å². The van der Waals surface area contributed by atoms with Crippen molar-refractivity contribution in [3.8, 4) is 55.6 Å². The molecule has 0 amide bonds. The van der Waals surface area contributed by atoms with Crippen LogP contribution in [-0.4, -0.2) is 0 Å². The minimum Gasteiger partial charge on any atom is -0.0622 e. The lowest BCUT2D eigenvalue weighted by Gasteiger charge is -2.31. The van der Waals surface area contributed by atoms with E-state index in [-0.39, 0.29) is 65.0 Å². The molecule has 0 bridgehead atoms. The smallest absolute Gasteiger partial charge is 0.0125 e. The van der Waals surface area contributed by atoms with Gasteiger partial charge in [-0.2, -0.15) is 0 Å². The van der Waals surface area contributed by atoms with Crippen molar-refractivity contribution < 1.29 is 0 Å². The van der Waals surface area contributed by atoms with E-state index in [1.807, 2.05) is 0 Å². The quantitative estimate of drug-likeness (QED) is 0.161. The van der Waals surface area contributed by atoms with Crippen LogP contribution in [0, 0.1) is 69.2 Å². The summed E-state index contributed by atoms with van der Waals surface area (Å²) in [5.41, 5.74) is 45.7. The van der Waals surface area contributed by atoms with Crippen molar-refractivity contribution in [2.24, 2.45) is 0 Å². The first kappa shape index (κ1) is 110. The van der Waals surface area contributed by atoms with Crippen molar-refractivity contribution in [1.82, 2.24) is 0 Å². The standard InChI is InChI=1S/C28H34.C27H32.C22H30.2C20H28.C19H26/c1-19-9-13-21(14-10-19)23-17-26(28(6,7)8)24(18-25(23)27(3,4)5)22-15-11-20(2)12-16-22;1-19-13-15-21(16-14-19)23-18-24(26(2,3)4)22(17-25(23)27(5,6)7)20-11-9-8-10-12-20;1-15-9-11-17(12-10-15)18-14-19(21(3,4)5)16(2)13-20(18)22(6,7)8;1-13-9-15-10-14(2)18(20(6,7)8)12-16(15)11-17(13)19(3,4)5;1-13-9-15-11-17(19(3,4)5)18(20(6,7)8)12-16(15)10-14(13)2;1-13-10-14-8-9-15(18(2,3)4)12-16(14)17(11-13)19(5,6)7/h9-18H,1-8H3;8-18H,1-7H3;9-14H,1-8H3;2*9-12H,1-8H3;8-12H,1-7H3. The van der Waals surface area contributed by atoms with Gasteiger partial charge < -0.3 is 0 Å². The molecule has 0 aliphatic rings. The van der Waals surface area contributed by atoms with E-state index >= 15 is 0 Å². The SMILES string of the molecule is Cc1cc(C(C)(C)C)c2cc(C(C)(C)C)ccc2c1.Cc1cc2cc(C(C)(C)C)c(C(C)(C)C)cc2cc1C.Cc1cc2cc(C)c(C(C)(C)C)cc2cc1C(C)(C)C.Cc1ccc(-c2cc(C(C)(C)C)c(-c3ccc(C)cc3)cc2C(C)(C)C)cc1.Cc1ccc(-c2cc(C(C)(C)C)c(-c3ccccc3)cc2C(C)(C)C)cc1.Cc1ccc(-c2cc(C(C)(C)C)c(C)cc2C(C)(C)C)cc1. The summed E-state index contributed by atoms with van der Waals surface area (Å²) in [6.07, 6.45) is 0. The second-order valence-electron chi connectivity index (χ2n) is 52.5. The van der Waals surface area contributed by atoms with E-state index in [9.17, 15) is 0 Å². The first-order valence-corrected chi connectivity index (χ1v) is 50.7. The largest absolute Gasteiger partial charge is 0.0622 e. The van der Waals surface area contributed by atoms with Gasteiger partial charge in [0, 0.05) is 0 Å². The average Bonchev–Trinajstić information content (AvgIpc) is 0.734. The molecule has 0 unspecified atom stereocenters. The molecule has 0 radical (unpaired) electrons. The van der Waals surface area contributed by atoms with Crippen LogP contribution >= 0.6 is 0 Å². The molecule has 0 fully saturated rings. The van der Waals surface area contributed by atoms with Crippen LogP contribution in [0.4, 0.5) is 0 Å². The summed E-state index contributed by atoms with van der Waals surface area (Å²) >= 11 is 0. The highest BCUT2D eigenvalue weighted by molar-refractivity contribution is 5.90. The number of hydrogen-bond acceptors (Lipinski definition) is 0. The minimum absolute atomic E-state index is 0.0656. The van der Waals surface area contributed by atoms with E-state index in [1.165, 1.54) is 210 Å². The van der Waals surface area contributed by atoms with E-state index < -0.39 is 0 Å². The molecule has 0 aliphatic carbocycles. The van der Waals surface area contributed by atoms with E-state index in [1.54, 1.807) is 0 Å². The Kier molecular flexibility index (Phi) is 33.1. The van der Waals surface area contributed by atoms with Gasteiger partial charge >= 0.3 is 0 Å². The number of hydrogen-bond donors (Lipinski definition) is 0. The maximum absolute atomic E-state index is 2.44. The fourth-order valence-corrected chi connectivity index (χ4v) is 19.2. The molecule has 0 aliphatic heterocycles. The molecule has 0 spiro atoms. The Balaban J connectivity index is 0.000000184. The van der Waals surface area contributed by atoms with E-state index in [4.69, 9.17) is 0 Å². The third kappa shape index (κ3) is 27.9. The molecule has 0 saturated carbocycles. The second kappa shape index (κ2) is 41.1. The average molecular weight is 1810 g/mol. The summed E-state index contributed by atoms with van der Waals surface area (Å²) in [6.45, 7) is 105. The number of benzene rings is 14. The Morgan fingerprint density at radius 1 is 0.132 bits per heavy atom. The Morgan fingerprint density at radius 2 is 0.353 bits per heavy atom. The van der Waals surface area contributed by atoms with Crippen LogP contribution in [0.3, 0.4) is 0 Å². The summed E-state index contributed by atoms with van der Waals surface area (Å²) in [7, 11) is 0. The molecule has 136 heavy (non-hydrogen) atoms. The molecule has 14 rings (SSSR count). The van der Waals surface area contributed by atoms with Gasteiger partial charge in [-0.3, -0.25) is 0 Å². The Morgan fingerprint density at radius 3 is 0.625 bits per heavy atom. The van der Waals surface area contributed by atoms with Crippen LogP contribution in [0.2, 0.25) is 0 Å². The topological polar surface area (TPSA) is 0 Å². The van der Waals surface area contributed by atoms with Gasteiger partial charge in [0.15, 0.2) is 0 Å². The van der Waals surface area contributed by atoms with Gasteiger partial charge in [0.1, 0.15) is 0 Å². The molecule has 14 aromatic carbocycles. The molecular weight excluding hydrogens is 1630 g/mol. The summed E-state index contributed by atoms with van der Waals surface area (Å²) in [6, 6.07) is 91.6. The maximum atomic E-state index is 2.44. The van der Waals surface area contributed by atoms with Crippen LogP contribution in [0.25, 0.3) is 88.0 Å². The summed E-state index contributed by atoms with van der Waals surface area (Å²) in [4.78, 5) is 0. The molecule has 0 nitrogen and oxygen atoms in total. The second-order valence-corrected chi connectivity index (χ2v) is 52.5. The van der Waals surface area contributed by atoms with Gasteiger partial charge in [0.05, 0.1) is 0 Å². The van der Waals surface area contributed by atoms with Crippen LogP contribution in [0.1, 0.15) is 372 Å². The lowest BCUT2D eigenvalue weighted by molar-refractivity contribution is 0.531. The zero-order chi connectivity index (χ0) is 102. The normalized spacial score (nSPS) is 12.6. The predicted octanol–water partition coefficient (Wildman–Crippen LogP) is 40.6. The molecule has 14 aromatic rings. The van der Waals surface area contributed by atoms with E-state index in [0.29, 0.717) is 0 Å². The fourth-order valence-electron chi connectivity index (χ4n) is 19.2. The summed E-state index contributed by atoms with van der Waals surface area (Å²) in [5.74, 6) is 0. The summed E-state index contributed by atoms with van der Waals surface area (Å²) in [5, 5.41) is 8.23. The highest BCUT2D eigenvalue weighted by atomic mass is 14.4. The van der Waals surface area contributed by atoms with Crippen LogP contribution in [-0.2, 0) is 65.0 Å². The van der Waals surface area contributed by atoms with Crippen molar-refractivity contribution in [3.63, 3.8) is 0 Å². The highest BCUT2D eigenvalue weighted by Gasteiger charge is 2.33. The third-order valence-corrected chi connectivity index (χ3v) is 27.2. The first-order chi connectivity index (χ1) is 62.1. The Labute approximate surface area is 830 Å². The van der Waals surface area contributed by atoms with Gasteiger partial charge in [-0.05, 0) is 341 Å². The van der Waals surface area contributed by atoms with Crippen molar-refractivity contribution in [3.05, 3.63) is 365 Å². The lowest BCUT2D eigenvalue weighted by Crippen LogP contribution is -2.21. The molecular formula is C136H178. The molecule has 722 valence electrons. The Bertz CT molecular complexity index is 6290. The minimum atomic E-state index is 0.0656.